The van der Waals surface area contributed by atoms with Crippen molar-refractivity contribution >= 4 is 11.8 Å². The highest BCUT2D eigenvalue weighted by atomic mass is 16.2. The summed E-state index contributed by atoms with van der Waals surface area (Å²) in [5.74, 6) is 0.0276. The quantitative estimate of drug-likeness (QED) is 0.828. The van der Waals surface area contributed by atoms with Crippen molar-refractivity contribution in [1.29, 1.82) is 0 Å². The third-order valence-corrected chi connectivity index (χ3v) is 4.97. The molecular weight excluding hydrogens is 302 g/mol. The van der Waals surface area contributed by atoms with E-state index in [1.54, 1.807) is 0 Å². The van der Waals surface area contributed by atoms with E-state index in [4.69, 9.17) is 0 Å². The fourth-order valence-electron chi connectivity index (χ4n) is 3.85. The Morgan fingerprint density at radius 2 is 1.79 bits per heavy atom. The number of carbonyl (C=O) groups excluding carboxylic acids is 2. The van der Waals surface area contributed by atoms with Gasteiger partial charge < -0.3 is 10.6 Å². The number of nitrogens with one attached hydrogen (secondary N) is 2. The maximum atomic E-state index is 12.5. The zero-order valence-corrected chi connectivity index (χ0v) is 15.7. The molecule has 24 heavy (non-hydrogen) atoms. The van der Waals surface area contributed by atoms with Crippen LogP contribution in [0.2, 0.25) is 0 Å². The van der Waals surface area contributed by atoms with Gasteiger partial charge in [-0.3, -0.25) is 14.5 Å². The molecule has 1 heterocycles. The molecule has 1 aliphatic heterocycles. The molecule has 138 valence electrons. The molecule has 2 N–H and O–H groups in total. The maximum Gasteiger partial charge on any atom is 0.237 e. The highest BCUT2D eigenvalue weighted by Crippen LogP contribution is 2.20. The Balaban J connectivity index is 1.89. The van der Waals surface area contributed by atoms with E-state index in [0.717, 1.165) is 25.9 Å². The van der Waals surface area contributed by atoms with Gasteiger partial charge in [-0.25, -0.2) is 0 Å². The molecule has 0 aromatic carbocycles. The van der Waals surface area contributed by atoms with Crippen LogP contribution in [0.5, 0.6) is 0 Å². The molecule has 2 aliphatic rings. The molecule has 0 aromatic rings. The first kappa shape index (κ1) is 19.2. The molecule has 0 spiro atoms. The molecule has 5 heteroatoms. The number of carbonyl (C=O) groups is 2. The van der Waals surface area contributed by atoms with E-state index in [2.05, 4.69) is 36.3 Å². The van der Waals surface area contributed by atoms with Crippen molar-refractivity contribution in [2.24, 2.45) is 5.41 Å². The summed E-state index contributed by atoms with van der Waals surface area (Å²) in [5, 5.41) is 6.11. The number of piperazine rings is 1. The molecule has 0 unspecified atom stereocenters. The van der Waals surface area contributed by atoms with Crippen molar-refractivity contribution in [2.45, 2.75) is 84.2 Å². The first-order valence-corrected chi connectivity index (χ1v) is 9.66. The average molecular weight is 338 g/mol. The monoisotopic (exact) mass is 337 g/mol. The number of hydrogen-bond acceptors (Lipinski definition) is 3. The molecule has 2 rings (SSSR count). The Labute approximate surface area is 146 Å². The van der Waals surface area contributed by atoms with Crippen molar-refractivity contribution in [3.05, 3.63) is 0 Å². The van der Waals surface area contributed by atoms with Gasteiger partial charge >= 0.3 is 0 Å². The molecule has 0 radical (unpaired) electrons. The lowest BCUT2D eigenvalue weighted by Gasteiger charge is -2.38. The summed E-state index contributed by atoms with van der Waals surface area (Å²) in [6, 6.07) is -0.0351. The Kier molecular flexibility index (Phi) is 7.08. The normalized spacial score (nSPS) is 24.8. The Bertz CT molecular complexity index is 423. The van der Waals surface area contributed by atoms with Crippen LogP contribution >= 0.6 is 0 Å². The smallest absolute Gasteiger partial charge is 0.237 e. The average Bonchev–Trinajstić information content (AvgIpc) is 2.44. The van der Waals surface area contributed by atoms with Gasteiger partial charge in [0.05, 0.1) is 12.5 Å². The summed E-state index contributed by atoms with van der Waals surface area (Å²) in [7, 11) is 0. The van der Waals surface area contributed by atoms with E-state index >= 15 is 0 Å². The van der Waals surface area contributed by atoms with Crippen LogP contribution in [0.3, 0.4) is 0 Å². The fraction of sp³-hybridized carbons (Fsp3) is 0.895. The van der Waals surface area contributed by atoms with Gasteiger partial charge in [0.1, 0.15) is 0 Å². The third-order valence-electron chi connectivity index (χ3n) is 4.97. The van der Waals surface area contributed by atoms with Crippen molar-refractivity contribution in [3.63, 3.8) is 0 Å². The zero-order chi connectivity index (χ0) is 17.6. The van der Waals surface area contributed by atoms with E-state index in [0.29, 0.717) is 12.6 Å². The van der Waals surface area contributed by atoms with Crippen LogP contribution in [-0.4, -0.2) is 48.4 Å². The lowest BCUT2D eigenvalue weighted by atomic mass is 9.93. The molecule has 2 amide bonds. The minimum Gasteiger partial charge on any atom is -0.353 e. The van der Waals surface area contributed by atoms with E-state index in [-0.39, 0.29) is 29.7 Å². The van der Waals surface area contributed by atoms with Gasteiger partial charge in [0.2, 0.25) is 11.8 Å². The Hall–Kier alpha value is -1.10. The van der Waals surface area contributed by atoms with Gasteiger partial charge in [-0.2, -0.15) is 0 Å². The highest BCUT2D eigenvalue weighted by molar-refractivity contribution is 5.88. The van der Waals surface area contributed by atoms with Gasteiger partial charge in [0.15, 0.2) is 0 Å². The van der Waals surface area contributed by atoms with Crippen LogP contribution in [0.1, 0.15) is 72.1 Å². The van der Waals surface area contributed by atoms with Crippen LogP contribution in [0.4, 0.5) is 0 Å². The molecular formula is C19H35N3O2. The third kappa shape index (κ3) is 6.42. The van der Waals surface area contributed by atoms with Gasteiger partial charge in [-0.1, -0.05) is 52.9 Å². The fourth-order valence-corrected chi connectivity index (χ4v) is 3.85. The number of nitrogens with zero attached hydrogens (tertiary/aromatic N) is 1. The summed E-state index contributed by atoms with van der Waals surface area (Å²) in [5.41, 5.74) is 0.117. The Morgan fingerprint density at radius 1 is 1.17 bits per heavy atom. The first-order valence-electron chi connectivity index (χ1n) is 9.66. The van der Waals surface area contributed by atoms with Crippen LogP contribution in [0.25, 0.3) is 0 Å². The topological polar surface area (TPSA) is 61.4 Å². The SMILES string of the molecule is CC(C)(C)CN1CCNC(=O)[C@@H]1CC(=O)NC1CCCCCCC1. The van der Waals surface area contributed by atoms with E-state index < -0.39 is 0 Å². The summed E-state index contributed by atoms with van der Waals surface area (Å²) in [6.45, 7) is 8.85. The minimum atomic E-state index is -0.327. The maximum absolute atomic E-state index is 12.5. The van der Waals surface area contributed by atoms with Crippen molar-refractivity contribution < 1.29 is 9.59 Å². The first-order chi connectivity index (χ1) is 11.3. The van der Waals surface area contributed by atoms with Crippen molar-refractivity contribution in [3.8, 4) is 0 Å². The molecule has 2 fully saturated rings. The van der Waals surface area contributed by atoms with Crippen LogP contribution in [0.15, 0.2) is 0 Å². The van der Waals surface area contributed by atoms with Crippen LogP contribution in [-0.2, 0) is 9.59 Å². The number of rotatable bonds is 4. The van der Waals surface area contributed by atoms with Gasteiger partial charge in [-0.05, 0) is 18.3 Å². The molecule has 1 atom stereocenters. The standard InChI is InChI=1S/C19H35N3O2/c1-19(2,3)14-22-12-11-20-18(24)16(22)13-17(23)21-15-9-7-5-4-6-8-10-15/h15-16H,4-14H2,1-3H3,(H,20,24)(H,21,23)/t16-/m0/s1. The van der Waals surface area contributed by atoms with Gasteiger partial charge in [-0.15, -0.1) is 0 Å². The second kappa shape index (κ2) is 8.84. The summed E-state index contributed by atoms with van der Waals surface area (Å²) < 4.78 is 0. The summed E-state index contributed by atoms with van der Waals surface area (Å²) >= 11 is 0. The number of amides is 2. The molecule has 1 saturated heterocycles. The number of hydrogen-bond donors (Lipinski definition) is 2. The Morgan fingerprint density at radius 3 is 2.42 bits per heavy atom. The summed E-state index contributed by atoms with van der Waals surface area (Å²) in [4.78, 5) is 27.0. The largest absolute Gasteiger partial charge is 0.353 e. The second-order valence-corrected chi connectivity index (χ2v) is 8.65. The minimum absolute atomic E-state index is 0.00156. The van der Waals surface area contributed by atoms with Gasteiger partial charge in [0.25, 0.3) is 0 Å². The molecule has 1 aliphatic carbocycles. The molecule has 0 bridgehead atoms. The predicted octanol–water partition coefficient (Wildman–Crippen LogP) is 2.45. The second-order valence-electron chi connectivity index (χ2n) is 8.65. The van der Waals surface area contributed by atoms with Crippen LogP contribution < -0.4 is 10.6 Å². The lowest BCUT2D eigenvalue weighted by molar-refractivity contribution is -0.134. The predicted molar refractivity (Wildman–Crippen MR) is 96.7 cm³/mol. The van der Waals surface area contributed by atoms with Crippen molar-refractivity contribution in [2.75, 3.05) is 19.6 Å². The van der Waals surface area contributed by atoms with E-state index in [9.17, 15) is 9.59 Å². The highest BCUT2D eigenvalue weighted by Gasteiger charge is 2.33. The van der Waals surface area contributed by atoms with E-state index in [1.165, 1.54) is 32.1 Å². The van der Waals surface area contributed by atoms with E-state index in [1.807, 2.05) is 0 Å². The van der Waals surface area contributed by atoms with Crippen molar-refractivity contribution in [1.82, 2.24) is 15.5 Å². The van der Waals surface area contributed by atoms with Crippen LogP contribution in [0, 0.1) is 5.41 Å². The molecule has 0 aromatic heterocycles. The van der Waals surface area contributed by atoms with Gasteiger partial charge in [0, 0.05) is 25.7 Å². The molecule has 1 saturated carbocycles. The lowest BCUT2D eigenvalue weighted by Crippen LogP contribution is -2.58. The summed E-state index contributed by atoms with van der Waals surface area (Å²) in [6.07, 6.45) is 8.70. The molecule has 5 nitrogen and oxygen atoms in total. The zero-order valence-electron chi connectivity index (χ0n) is 15.7.